The maximum atomic E-state index is 2.14. The summed E-state index contributed by atoms with van der Waals surface area (Å²) in [5, 5.41) is 3.47. The Balaban J connectivity index is 0.000000213. The van der Waals surface area contributed by atoms with Gasteiger partial charge in [-0.3, -0.25) is 0 Å². The zero-order valence-electron chi connectivity index (χ0n) is 7.58. The van der Waals surface area contributed by atoms with Gasteiger partial charge in [-0.05, 0) is 22.9 Å². The fourth-order valence-corrected chi connectivity index (χ4v) is 1.70. The van der Waals surface area contributed by atoms with E-state index >= 15 is 0 Å². The normalized spacial score (nSPS) is 9.17. The quantitative estimate of drug-likeness (QED) is 0.563. The van der Waals surface area contributed by atoms with Crippen molar-refractivity contribution in [3.8, 4) is 0 Å². The molecule has 0 unspecified atom stereocenters. The summed E-state index contributed by atoms with van der Waals surface area (Å²) in [5.74, 6) is 0. The molecule has 0 aliphatic heterocycles. The van der Waals surface area contributed by atoms with E-state index in [0.717, 1.165) is 0 Å². The standard InChI is InChI=1S/C8H6S.C3H8/c1-2-4-8-7(3-1)5-6-9-8;1-3-2/h1-6H;3H2,1-2H3. The summed E-state index contributed by atoms with van der Waals surface area (Å²) in [6, 6.07) is 10.5. The van der Waals surface area contributed by atoms with Crippen LogP contribution in [0.4, 0.5) is 0 Å². The molecule has 12 heavy (non-hydrogen) atoms. The third-order valence-electron chi connectivity index (χ3n) is 1.36. The topological polar surface area (TPSA) is 0 Å². The molecule has 0 nitrogen and oxygen atoms in total. The highest BCUT2D eigenvalue weighted by atomic mass is 32.1. The fourth-order valence-electron chi connectivity index (χ4n) is 0.906. The Morgan fingerprint density at radius 2 is 1.75 bits per heavy atom. The summed E-state index contributed by atoms with van der Waals surface area (Å²) in [4.78, 5) is 0. The van der Waals surface area contributed by atoms with Crippen molar-refractivity contribution in [3.05, 3.63) is 35.7 Å². The van der Waals surface area contributed by atoms with Crippen LogP contribution < -0.4 is 0 Å². The van der Waals surface area contributed by atoms with Crippen molar-refractivity contribution in [2.24, 2.45) is 0 Å². The molecule has 0 aliphatic carbocycles. The molecule has 0 radical (unpaired) electrons. The van der Waals surface area contributed by atoms with Crippen LogP contribution in [0, 0.1) is 0 Å². The van der Waals surface area contributed by atoms with Gasteiger partial charge in [-0.25, -0.2) is 0 Å². The molecule has 0 saturated heterocycles. The largest absolute Gasteiger partial charge is 0.144 e. The number of thiophene rings is 1. The van der Waals surface area contributed by atoms with Gasteiger partial charge in [0, 0.05) is 4.70 Å². The second kappa shape index (κ2) is 4.94. The zero-order valence-corrected chi connectivity index (χ0v) is 8.40. The van der Waals surface area contributed by atoms with Gasteiger partial charge in [0.25, 0.3) is 0 Å². The van der Waals surface area contributed by atoms with Crippen molar-refractivity contribution in [1.29, 1.82) is 0 Å². The molecule has 0 N–H and O–H groups in total. The molecule has 1 heterocycles. The molecule has 0 fully saturated rings. The van der Waals surface area contributed by atoms with E-state index in [1.54, 1.807) is 11.3 Å². The van der Waals surface area contributed by atoms with Crippen LogP contribution in [-0.2, 0) is 0 Å². The minimum absolute atomic E-state index is 1.25. The van der Waals surface area contributed by atoms with E-state index in [0.29, 0.717) is 0 Å². The van der Waals surface area contributed by atoms with Gasteiger partial charge >= 0.3 is 0 Å². The maximum Gasteiger partial charge on any atom is 0.0342 e. The third kappa shape index (κ3) is 2.35. The molecule has 0 bridgehead atoms. The lowest BCUT2D eigenvalue weighted by molar-refractivity contribution is 1.09. The molecule has 2 rings (SSSR count). The molecule has 1 aromatic carbocycles. The van der Waals surface area contributed by atoms with E-state index in [2.05, 4.69) is 49.6 Å². The van der Waals surface area contributed by atoms with Crippen molar-refractivity contribution in [1.82, 2.24) is 0 Å². The molecular formula is C11H14S. The predicted octanol–water partition coefficient (Wildman–Crippen LogP) is 4.32. The fraction of sp³-hybridized carbons (Fsp3) is 0.273. The highest BCUT2D eigenvalue weighted by Crippen LogP contribution is 2.18. The number of rotatable bonds is 0. The number of benzene rings is 1. The molecule has 0 spiro atoms. The molecule has 2 aromatic rings. The summed E-state index contributed by atoms with van der Waals surface area (Å²) in [6.07, 6.45) is 1.25. The summed E-state index contributed by atoms with van der Waals surface area (Å²) in [7, 11) is 0. The molecule has 1 heteroatoms. The van der Waals surface area contributed by atoms with E-state index in [1.165, 1.54) is 16.5 Å². The molecule has 0 aliphatic rings. The van der Waals surface area contributed by atoms with Crippen LogP contribution in [-0.4, -0.2) is 0 Å². The first-order valence-electron chi connectivity index (χ1n) is 4.30. The van der Waals surface area contributed by atoms with E-state index in [9.17, 15) is 0 Å². The van der Waals surface area contributed by atoms with Crippen LogP contribution in [0.15, 0.2) is 35.7 Å². The predicted molar refractivity (Wildman–Crippen MR) is 57.8 cm³/mol. The Morgan fingerprint density at radius 3 is 2.42 bits per heavy atom. The van der Waals surface area contributed by atoms with Gasteiger partial charge in [-0.2, -0.15) is 0 Å². The van der Waals surface area contributed by atoms with Crippen LogP contribution >= 0.6 is 11.3 Å². The number of hydrogen-bond donors (Lipinski definition) is 0. The minimum Gasteiger partial charge on any atom is -0.144 e. The average molecular weight is 178 g/mol. The lowest BCUT2D eigenvalue weighted by atomic mass is 10.3. The first kappa shape index (κ1) is 9.27. The van der Waals surface area contributed by atoms with Crippen molar-refractivity contribution >= 4 is 21.4 Å². The van der Waals surface area contributed by atoms with Gasteiger partial charge in [0.1, 0.15) is 0 Å². The van der Waals surface area contributed by atoms with E-state index in [-0.39, 0.29) is 0 Å². The minimum atomic E-state index is 1.25. The van der Waals surface area contributed by atoms with Crippen molar-refractivity contribution in [3.63, 3.8) is 0 Å². The summed E-state index contributed by atoms with van der Waals surface area (Å²) < 4.78 is 1.37. The van der Waals surface area contributed by atoms with E-state index in [1.807, 2.05) is 0 Å². The first-order chi connectivity index (χ1) is 5.88. The van der Waals surface area contributed by atoms with Crippen LogP contribution in [0.25, 0.3) is 10.1 Å². The van der Waals surface area contributed by atoms with Crippen LogP contribution in [0.5, 0.6) is 0 Å². The van der Waals surface area contributed by atoms with Crippen molar-refractivity contribution < 1.29 is 0 Å². The summed E-state index contributed by atoms with van der Waals surface area (Å²) in [6.45, 7) is 4.25. The Bertz CT molecular complexity index is 292. The lowest BCUT2D eigenvalue weighted by Gasteiger charge is -1.82. The average Bonchev–Trinajstić information content (AvgIpc) is 2.52. The van der Waals surface area contributed by atoms with Gasteiger partial charge in [0.15, 0.2) is 0 Å². The Kier molecular flexibility index (Phi) is 3.81. The molecule has 64 valence electrons. The van der Waals surface area contributed by atoms with Gasteiger partial charge < -0.3 is 0 Å². The Labute approximate surface area is 77.9 Å². The van der Waals surface area contributed by atoms with Crippen LogP contribution in [0.1, 0.15) is 20.3 Å². The summed E-state index contributed by atoms with van der Waals surface area (Å²) in [5.41, 5.74) is 0. The zero-order chi connectivity index (χ0) is 8.81. The van der Waals surface area contributed by atoms with E-state index in [4.69, 9.17) is 0 Å². The molecule has 0 amide bonds. The highest BCUT2D eigenvalue weighted by molar-refractivity contribution is 7.17. The lowest BCUT2D eigenvalue weighted by Crippen LogP contribution is -1.56. The second-order valence-electron chi connectivity index (χ2n) is 2.67. The van der Waals surface area contributed by atoms with Gasteiger partial charge in [0.2, 0.25) is 0 Å². The number of fused-ring (bicyclic) bond motifs is 1. The molecule has 0 saturated carbocycles. The van der Waals surface area contributed by atoms with Crippen molar-refractivity contribution in [2.75, 3.05) is 0 Å². The van der Waals surface area contributed by atoms with Crippen LogP contribution in [0.3, 0.4) is 0 Å². The van der Waals surface area contributed by atoms with Gasteiger partial charge in [0.05, 0.1) is 0 Å². The monoisotopic (exact) mass is 178 g/mol. The Morgan fingerprint density at radius 1 is 1.08 bits per heavy atom. The SMILES string of the molecule is CCC.c1ccc2sccc2c1. The third-order valence-corrected chi connectivity index (χ3v) is 2.26. The molecule has 1 aromatic heterocycles. The molecule has 0 atom stereocenters. The van der Waals surface area contributed by atoms with E-state index < -0.39 is 0 Å². The molecular weight excluding hydrogens is 164 g/mol. The highest BCUT2D eigenvalue weighted by Gasteiger charge is 1.87. The second-order valence-corrected chi connectivity index (χ2v) is 3.61. The maximum absolute atomic E-state index is 2.14. The smallest absolute Gasteiger partial charge is 0.0342 e. The van der Waals surface area contributed by atoms with Gasteiger partial charge in [-0.1, -0.05) is 38.5 Å². The number of hydrogen-bond acceptors (Lipinski definition) is 1. The Hall–Kier alpha value is -0.820. The van der Waals surface area contributed by atoms with Crippen molar-refractivity contribution in [2.45, 2.75) is 20.3 Å². The summed E-state index contributed by atoms with van der Waals surface area (Å²) >= 11 is 1.79. The van der Waals surface area contributed by atoms with Crippen LogP contribution in [0.2, 0.25) is 0 Å². The van der Waals surface area contributed by atoms with Gasteiger partial charge in [-0.15, -0.1) is 11.3 Å². The first-order valence-corrected chi connectivity index (χ1v) is 5.18.